The standard InChI is InChI=1S/C11H17N3OS2/c1-3-4-5-14(11(12)16)13-10(15)9-6-8(2)17-7-9/h6-7H,3-5H2,1-2H3,(H2,12,16)(H,13,15). The van der Waals surface area contributed by atoms with Crippen molar-refractivity contribution in [3.8, 4) is 0 Å². The van der Waals surface area contributed by atoms with Crippen LogP contribution in [0.3, 0.4) is 0 Å². The van der Waals surface area contributed by atoms with Gasteiger partial charge in [0.2, 0.25) is 0 Å². The number of thiocarbonyl (C=S) groups is 1. The van der Waals surface area contributed by atoms with Crippen LogP contribution >= 0.6 is 23.6 Å². The fourth-order valence-electron chi connectivity index (χ4n) is 1.29. The molecular weight excluding hydrogens is 254 g/mol. The van der Waals surface area contributed by atoms with Crippen LogP contribution in [0.15, 0.2) is 11.4 Å². The summed E-state index contributed by atoms with van der Waals surface area (Å²) in [6.07, 6.45) is 1.95. The minimum Gasteiger partial charge on any atom is -0.375 e. The number of amides is 1. The normalized spacial score (nSPS) is 10.0. The number of carbonyl (C=O) groups is 1. The van der Waals surface area contributed by atoms with Crippen LogP contribution < -0.4 is 11.2 Å². The summed E-state index contributed by atoms with van der Waals surface area (Å²) in [5.41, 5.74) is 8.91. The second-order valence-corrected chi connectivity index (χ2v) is 5.26. The summed E-state index contributed by atoms with van der Waals surface area (Å²) in [4.78, 5) is 13.0. The van der Waals surface area contributed by atoms with Gasteiger partial charge in [0.05, 0.1) is 5.56 Å². The van der Waals surface area contributed by atoms with Crippen molar-refractivity contribution in [2.24, 2.45) is 5.73 Å². The van der Waals surface area contributed by atoms with Crippen molar-refractivity contribution in [2.45, 2.75) is 26.7 Å². The maximum Gasteiger partial charge on any atom is 0.270 e. The van der Waals surface area contributed by atoms with Crippen molar-refractivity contribution in [2.75, 3.05) is 6.54 Å². The first-order valence-electron chi connectivity index (χ1n) is 5.47. The van der Waals surface area contributed by atoms with E-state index < -0.39 is 0 Å². The molecule has 0 fully saturated rings. The highest BCUT2D eigenvalue weighted by Gasteiger charge is 2.12. The zero-order valence-electron chi connectivity index (χ0n) is 10.0. The van der Waals surface area contributed by atoms with Crippen molar-refractivity contribution < 1.29 is 4.79 Å². The van der Waals surface area contributed by atoms with Gasteiger partial charge in [-0.2, -0.15) is 0 Å². The number of nitrogens with two attached hydrogens (primary N) is 1. The monoisotopic (exact) mass is 271 g/mol. The number of nitrogens with zero attached hydrogens (tertiary/aromatic N) is 1. The SMILES string of the molecule is CCCCN(NC(=O)c1csc(C)c1)C(N)=S. The second kappa shape index (κ2) is 6.56. The second-order valence-electron chi connectivity index (χ2n) is 3.73. The Morgan fingerprint density at radius 3 is 2.82 bits per heavy atom. The first-order chi connectivity index (χ1) is 8.04. The van der Waals surface area contributed by atoms with Crippen LogP contribution in [0.5, 0.6) is 0 Å². The summed E-state index contributed by atoms with van der Waals surface area (Å²) in [7, 11) is 0. The number of hydrogen-bond donors (Lipinski definition) is 2. The van der Waals surface area contributed by atoms with Crippen LogP contribution in [0.4, 0.5) is 0 Å². The molecule has 0 saturated carbocycles. The third-order valence-corrected chi connectivity index (χ3v) is 3.31. The molecule has 0 spiro atoms. The van der Waals surface area contributed by atoms with Crippen molar-refractivity contribution in [3.63, 3.8) is 0 Å². The van der Waals surface area contributed by atoms with Crippen molar-refractivity contribution >= 4 is 34.6 Å². The van der Waals surface area contributed by atoms with Gasteiger partial charge in [-0.05, 0) is 31.6 Å². The molecule has 0 radical (unpaired) electrons. The third kappa shape index (κ3) is 4.32. The molecule has 94 valence electrons. The number of nitrogens with one attached hydrogen (secondary N) is 1. The van der Waals surface area contributed by atoms with Crippen LogP contribution in [0, 0.1) is 6.92 Å². The Morgan fingerprint density at radius 1 is 1.65 bits per heavy atom. The summed E-state index contributed by atoms with van der Waals surface area (Å²) >= 11 is 6.44. The summed E-state index contributed by atoms with van der Waals surface area (Å²) in [5, 5.41) is 3.54. The number of unbranched alkanes of at least 4 members (excludes halogenated alkanes) is 1. The van der Waals surface area contributed by atoms with E-state index in [0.717, 1.165) is 17.7 Å². The number of aryl methyl sites for hydroxylation is 1. The number of carbonyl (C=O) groups excluding carboxylic acids is 1. The molecule has 1 heterocycles. The minimum atomic E-state index is -0.168. The Morgan fingerprint density at radius 2 is 2.35 bits per heavy atom. The quantitative estimate of drug-likeness (QED) is 0.650. The summed E-state index contributed by atoms with van der Waals surface area (Å²) in [5.74, 6) is -0.168. The molecule has 1 aromatic rings. The van der Waals surface area contributed by atoms with E-state index in [9.17, 15) is 4.79 Å². The molecule has 0 aliphatic rings. The van der Waals surface area contributed by atoms with Gasteiger partial charge in [-0.15, -0.1) is 11.3 Å². The smallest absolute Gasteiger partial charge is 0.270 e. The van der Waals surface area contributed by atoms with Gasteiger partial charge in [-0.3, -0.25) is 15.2 Å². The zero-order valence-corrected chi connectivity index (χ0v) is 11.7. The molecule has 0 atom stereocenters. The van der Waals surface area contributed by atoms with Crippen molar-refractivity contribution in [1.29, 1.82) is 0 Å². The highest BCUT2D eigenvalue weighted by atomic mass is 32.1. The average molecular weight is 271 g/mol. The van der Waals surface area contributed by atoms with Gasteiger partial charge in [0.25, 0.3) is 5.91 Å². The molecule has 0 aromatic carbocycles. The highest BCUT2D eigenvalue weighted by Crippen LogP contribution is 2.12. The molecule has 0 aliphatic carbocycles. The Bertz CT molecular complexity index is 403. The number of hydrazine groups is 1. The van der Waals surface area contributed by atoms with Crippen LogP contribution in [0.2, 0.25) is 0 Å². The topological polar surface area (TPSA) is 58.4 Å². The average Bonchev–Trinajstić information content (AvgIpc) is 2.70. The molecule has 3 N–H and O–H groups in total. The molecule has 0 saturated heterocycles. The lowest BCUT2D eigenvalue weighted by Gasteiger charge is -2.22. The van der Waals surface area contributed by atoms with Gasteiger partial charge >= 0.3 is 0 Å². The van der Waals surface area contributed by atoms with E-state index in [1.165, 1.54) is 5.01 Å². The van der Waals surface area contributed by atoms with Crippen LogP contribution in [-0.2, 0) is 0 Å². The van der Waals surface area contributed by atoms with Crippen LogP contribution in [0.1, 0.15) is 35.0 Å². The highest BCUT2D eigenvalue weighted by molar-refractivity contribution is 7.80. The van der Waals surface area contributed by atoms with Gasteiger partial charge in [-0.1, -0.05) is 13.3 Å². The molecule has 0 unspecified atom stereocenters. The van der Waals surface area contributed by atoms with E-state index in [-0.39, 0.29) is 11.0 Å². The Hall–Kier alpha value is -1.14. The predicted octanol–water partition coefficient (Wildman–Crippen LogP) is 2.05. The largest absolute Gasteiger partial charge is 0.375 e. The fraction of sp³-hybridized carbons (Fsp3) is 0.455. The molecule has 0 bridgehead atoms. The molecule has 1 amide bonds. The molecular formula is C11H17N3OS2. The minimum absolute atomic E-state index is 0.168. The van der Waals surface area contributed by atoms with E-state index in [1.807, 2.05) is 18.4 Å². The first kappa shape index (κ1) is 13.9. The third-order valence-electron chi connectivity index (χ3n) is 2.23. The van der Waals surface area contributed by atoms with E-state index in [4.69, 9.17) is 18.0 Å². The van der Waals surface area contributed by atoms with Gasteiger partial charge in [0.1, 0.15) is 0 Å². The van der Waals surface area contributed by atoms with Crippen molar-refractivity contribution in [1.82, 2.24) is 10.4 Å². The van der Waals surface area contributed by atoms with Gasteiger partial charge in [0.15, 0.2) is 5.11 Å². The number of rotatable bonds is 4. The number of thiophene rings is 1. The molecule has 4 nitrogen and oxygen atoms in total. The van der Waals surface area contributed by atoms with Gasteiger partial charge in [-0.25, -0.2) is 0 Å². The van der Waals surface area contributed by atoms with Crippen LogP contribution in [0.25, 0.3) is 0 Å². The van der Waals surface area contributed by atoms with Crippen molar-refractivity contribution in [3.05, 3.63) is 21.9 Å². The molecule has 1 rings (SSSR count). The lowest BCUT2D eigenvalue weighted by molar-refractivity contribution is 0.0870. The van der Waals surface area contributed by atoms with E-state index in [2.05, 4.69) is 12.3 Å². The summed E-state index contributed by atoms with van der Waals surface area (Å²) in [6, 6.07) is 1.84. The van der Waals surface area contributed by atoms with Crippen LogP contribution in [-0.4, -0.2) is 22.6 Å². The maximum atomic E-state index is 11.9. The van der Waals surface area contributed by atoms with Gasteiger partial charge < -0.3 is 5.73 Å². The lowest BCUT2D eigenvalue weighted by atomic mass is 10.3. The van der Waals surface area contributed by atoms with E-state index in [0.29, 0.717) is 12.1 Å². The molecule has 6 heteroatoms. The Kier molecular flexibility index (Phi) is 5.37. The predicted molar refractivity (Wildman–Crippen MR) is 74.9 cm³/mol. The molecule has 17 heavy (non-hydrogen) atoms. The molecule has 0 aliphatic heterocycles. The Labute approximate surface area is 111 Å². The summed E-state index contributed by atoms with van der Waals surface area (Å²) < 4.78 is 0. The van der Waals surface area contributed by atoms with E-state index >= 15 is 0 Å². The lowest BCUT2D eigenvalue weighted by Crippen LogP contribution is -2.49. The van der Waals surface area contributed by atoms with Gasteiger partial charge in [0, 0.05) is 16.8 Å². The first-order valence-corrected chi connectivity index (χ1v) is 6.76. The summed E-state index contributed by atoms with van der Waals surface area (Å²) in [6.45, 7) is 4.67. The number of hydrogen-bond acceptors (Lipinski definition) is 3. The maximum absolute atomic E-state index is 11.9. The fourth-order valence-corrected chi connectivity index (χ4v) is 2.11. The Balaban J connectivity index is 2.60. The van der Waals surface area contributed by atoms with E-state index in [1.54, 1.807) is 11.3 Å². The zero-order chi connectivity index (χ0) is 12.8. The molecule has 1 aromatic heterocycles.